The monoisotopic (exact) mass is 274 g/mol. The number of rotatable bonds is 3. The van der Waals surface area contributed by atoms with Crippen LogP contribution in [-0.4, -0.2) is 22.6 Å². The van der Waals surface area contributed by atoms with Crippen molar-refractivity contribution in [3.63, 3.8) is 0 Å². The van der Waals surface area contributed by atoms with E-state index in [9.17, 15) is 0 Å². The van der Waals surface area contributed by atoms with E-state index in [0.29, 0.717) is 11.9 Å². The van der Waals surface area contributed by atoms with Gasteiger partial charge in [0.2, 0.25) is 0 Å². The highest BCUT2D eigenvalue weighted by Gasteiger charge is 2.34. The Labute approximate surface area is 121 Å². The van der Waals surface area contributed by atoms with E-state index in [0.717, 1.165) is 36.9 Å². The number of nitrogen functional groups attached to an aromatic ring is 1. The molecule has 4 nitrogen and oxygen atoms in total. The summed E-state index contributed by atoms with van der Waals surface area (Å²) in [6.07, 6.45) is 10.1. The molecule has 2 heterocycles. The molecule has 1 saturated carbocycles. The average Bonchev–Trinajstić information content (AvgIpc) is 2.46. The van der Waals surface area contributed by atoms with Crippen molar-refractivity contribution < 1.29 is 0 Å². The van der Waals surface area contributed by atoms with Crippen LogP contribution in [0.15, 0.2) is 6.07 Å². The molecule has 2 unspecified atom stereocenters. The van der Waals surface area contributed by atoms with E-state index in [1.165, 1.54) is 38.5 Å². The molecule has 0 aromatic carbocycles. The van der Waals surface area contributed by atoms with Crippen LogP contribution in [-0.2, 0) is 6.42 Å². The summed E-state index contributed by atoms with van der Waals surface area (Å²) in [5.74, 6) is 3.46. The predicted octanol–water partition coefficient (Wildman–Crippen LogP) is 3.17. The number of hydrogen-bond donors (Lipinski definition) is 1. The molecule has 3 rings (SSSR count). The summed E-state index contributed by atoms with van der Waals surface area (Å²) in [7, 11) is 0. The molecule has 0 radical (unpaired) electrons. The second kappa shape index (κ2) is 5.98. The topological polar surface area (TPSA) is 55.0 Å². The van der Waals surface area contributed by atoms with Crippen LogP contribution in [0.3, 0.4) is 0 Å². The Kier molecular flexibility index (Phi) is 4.08. The van der Waals surface area contributed by atoms with Crippen LogP contribution in [0.4, 0.5) is 11.6 Å². The molecular weight excluding hydrogens is 248 g/mol. The molecular formula is C16H26N4. The number of hydrogen-bond acceptors (Lipinski definition) is 4. The molecule has 1 saturated heterocycles. The van der Waals surface area contributed by atoms with Crippen molar-refractivity contribution in [1.82, 2.24) is 9.97 Å². The number of nitrogens with two attached hydrogens (primary N) is 1. The molecule has 1 aromatic heterocycles. The van der Waals surface area contributed by atoms with E-state index >= 15 is 0 Å². The van der Waals surface area contributed by atoms with Gasteiger partial charge in [-0.2, -0.15) is 0 Å². The maximum absolute atomic E-state index is 5.99. The molecule has 0 spiro atoms. The minimum atomic E-state index is 0.622. The fourth-order valence-corrected chi connectivity index (χ4v) is 3.89. The Balaban J connectivity index is 1.86. The zero-order chi connectivity index (χ0) is 13.9. The maximum Gasteiger partial charge on any atom is 0.134 e. The van der Waals surface area contributed by atoms with Gasteiger partial charge in [-0.25, -0.2) is 9.97 Å². The molecule has 2 N–H and O–H groups in total. The largest absolute Gasteiger partial charge is 0.384 e. The van der Waals surface area contributed by atoms with Gasteiger partial charge in [-0.05, 0) is 38.0 Å². The molecule has 110 valence electrons. The number of piperidine rings is 1. The van der Waals surface area contributed by atoms with Crippen molar-refractivity contribution in [2.24, 2.45) is 5.92 Å². The Morgan fingerprint density at radius 3 is 2.85 bits per heavy atom. The maximum atomic E-state index is 5.99. The Morgan fingerprint density at radius 2 is 2.00 bits per heavy atom. The third-order valence-electron chi connectivity index (χ3n) is 4.79. The Morgan fingerprint density at radius 1 is 1.20 bits per heavy atom. The number of aryl methyl sites for hydroxylation is 1. The molecule has 20 heavy (non-hydrogen) atoms. The highest BCUT2D eigenvalue weighted by molar-refractivity contribution is 5.48. The lowest BCUT2D eigenvalue weighted by molar-refractivity contribution is 0.242. The van der Waals surface area contributed by atoms with Crippen LogP contribution in [0.25, 0.3) is 0 Å². The Hall–Kier alpha value is -1.32. The molecule has 1 aliphatic heterocycles. The van der Waals surface area contributed by atoms with Gasteiger partial charge in [-0.3, -0.25) is 0 Å². The van der Waals surface area contributed by atoms with E-state index in [1.54, 1.807) is 0 Å². The molecule has 2 fully saturated rings. The van der Waals surface area contributed by atoms with Gasteiger partial charge in [-0.1, -0.05) is 19.8 Å². The second-order valence-electron chi connectivity index (χ2n) is 6.26. The highest BCUT2D eigenvalue weighted by atomic mass is 15.2. The number of aromatic nitrogens is 2. The van der Waals surface area contributed by atoms with Crippen LogP contribution in [0.1, 0.15) is 57.7 Å². The fourth-order valence-electron chi connectivity index (χ4n) is 3.89. The van der Waals surface area contributed by atoms with Gasteiger partial charge >= 0.3 is 0 Å². The predicted molar refractivity (Wildman–Crippen MR) is 82.8 cm³/mol. The highest BCUT2D eigenvalue weighted by Crippen LogP contribution is 2.37. The van der Waals surface area contributed by atoms with Gasteiger partial charge < -0.3 is 10.6 Å². The molecule has 4 heteroatoms. The lowest BCUT2D eigenvalue weighted by Gasteiger charge is -2.44. The van der Waals surface area contributed by atoms with Crippen molar-refractivity contribution in [3.05, 3.63) is 11.9 Å². The first-order valence-electron chi connectivity index (χ1n) is 8.18. The van der Waals surface area contributed by atoms with Crippen molar-refractivity contribution in [3.8, 4) is 0 Å². The van der Waals surface area contributed by atoms with E-state index < -0.39 is 0 Å². The van der Waals surface area contributed by atoms with Crippen molar-refractivity contribution >= 4 is 11.6 Å². The van der Waals surface area contributed by atoms with Crippen LogP contribution in [0.5, 0.6) is 0 Å². The number of anilines is 2. The minimum Gasteiger partial charge on any atom is -0.384 e. The molecule has 2 atom stereocenters. The first-order valence-corrected chi connectivity index (χ1v) is 8.18. The zero-order valence-electron chi connectivity index (χ0n) is 12.5. The first-order chi connectivity index (χ1) is 9.78. The van der Waals surface area contributed by atoms with E-state index in [-0.39, 0.29) is 0 Å². The van der Waals surface area contributed by atoms with Gasteiger partial charge in [0.25, 0.3) is 0 Å². The number of fused-ring (bicyclic) bond motifs is 1. The van der Waals surface area contributed by atoms with Gasteiger partial charge in [0.15, 0.2) is 0 Å². The molecule has 1 aromatic rings. The molecule has 2 aliphatic rings. The SMILES string of the molecule is CCCc1nc(N)cc(N2CCCC3CCCCC32)n1. The zero-order valence-corrected chi connectivity index (χ0v) is 12.5. The summed E-state index contributed by atoms with van der Waals surface area (Å²) < 4.78 is 0. The molecule has 1 aliphatic carbocycles. The summed E-state index contributed by atoms with van der Waals surface area (Å²) >= 11 is 0. The molecule has 0 bridgehead atoms. The summed E-state index contributed by atoms with van der Waals surface area (Å²) in [6, 6.07) is 2.65. The van der Waals surface area contributed by atoms with Crippen LogP contribution < -0.4 is 10.6 Å². The summed E-state index contributed by atoms with van der Waals surface area (Å²) in [6.45, 7) is 3.29. The van der Waals surface area contributed by atoms with Gasteiger partial charge in [0.05, 0.1) is 0 Å². The van der Waals surface area contributed by atoms with E-state index in [4.69, 9.17) is 10.7 Å². The third-order valence-corrected chi connectivity index (χ3v) is 4.79. The first kappa shape index (κ1) is 13.7. The number of nitrogens with zero attached hydrogens (tertiary/aromatic N) is 3. The minimum absolute atomic E-state index is 0.622. The van der Waals surface area contributed by atoms with Crippen LogP contribution in [0.2, 0.25) is 0 Å². The average molecular weight is 274 g/mol. The summed E-state index contributed by atoms with van der Waals surface area (Å²) in [5, 5.41) is 0. The lowest BCUT2D eigenvalue weighted by atomic mass is 9.78. The summed E-state index contributed by atoms with van der Waals surface area (Å²) in [5.41, 5.74) is 5.99. The van der Waals surface area contributed by atoms with Crippen LogP contribution in [0, 0.1) is 5.92 Å². The van der Waals surface area contributed by atoms with Gasteiger partial charge in [0.1, 0.15) is 17.5 Å². The van der Waals surface area contributed by atoms with E-state index in [2.05, 4.69) is 16.8 Å². The standard InChI is InChI=1S/C16H26N4/c1-2-6-15-18-14(17)11-16(19-15)20-10-5-8-12-7-3-4-9-13(12)20/h11-13H,2-10H2,1H3,(H2,17,18,19). The fraction of sp³-hybridized carbons (Fsp3) is 0.750. The third kappa shape index (κ3) is 2.74. The smallest absolute Gasteiger partial charge is 0.134 e. The Bertz CT molecular complexity index is 458. The summed E-state index contributed by atoms with van der Waals surface area (Å²) in [4.78, 5) is 11.7. The molecule has 0 amide bonds. The van der Waals surface area contributed by atoms with Crippen molar-refractivity contribution in [1.29, 1.82) is 0 Å². The lowest BCUT2D eigenvalue weighted by Crippen LogP contribution is -2.47. The van der Waals surface area contributed by atoms with Gasteiger partial charge in [-0.15, -0.1) is 0 Å². The van der Waals surface area contributed by atoms with E-state index in [1.807, 2.05) is 6.07 Å². The van der Waals surface area contributed by atoms with Gasteiger partial charge in [0, 0.05) is 25.1 Å². The van der Waals surface area contributed by atoms with Crippen molar-refractivity contribution in [2.75, 3.05) is 17.2 Å². The quantitative estimate of drug-likeness (QED) is 0.920. The van der Waals surface area contributed by atoms with Crippen molar-refractivity contribution in [2.45, 2.75) is 64.3 Å². The van der Waals surface area contributed by atoms with Crippen LogP contribution >= 0.6 is 0 Å². The second-order valence-corrected chi connectivity index (χ2v) is 6.26. The normalized spacial score (nSPS) is 26.4.